The van der Waals surface area contributed by atoms with Crippen LogP contribution in [0.5, 0.6) is 0 Å². The minimum atomic E-state index is -4.54. The summed E-state index contributed by atoms with van der Waals surface area (Å²) in [7, 11) is 0. The van der Waals surface area contributed by atoms with Crippen LogP contribution in [0.25, 0.3) is 94.7 Å². The van der Waals surface area contributed by atoms with Gasteiger partial charge in [-0.1, -0.05) is 109 Å². The van der Waals surface area contributed by atoms with Crippen LogP contribution in [0.3, 0.4) is 0 Å². The number of benzene rings is 7. The molecule has 0 saturated heterocycles. The van der Waals surface area contributed by atoms with Gasteiger partial charge in [0.25, 0.3) is 0 Å². The number of fused-ring (bicyclic) bond motifs is 7. The summed E-state index contributed by atoms with van der Waals surface area (Å²) in [4.78, 5) is 14.7. The van der Waals surface area contributed by atoms with E-state index < -0.39 is 11.7 Å². The number of furan rings is 1. The summed E-state index contributed by atoms with van der Waals surface area (Å²) < 4.78 is 51.3. The second kappa shape index (κ2) is 12.3. The zero-order valence-electron chi connectivity index (χ0n) is 28.4. The molecule has 0 spiro atoms. The number of hydrogen-bond donors (Lipinski definition) is 0. The van der Waals surface area contributed by atoms with Crippen molar-refractivity contribution in [2.75, 3.05) is 0 Å². The van der Waals surface area contributed by atoms with Gasteiger partial charge in [-0.05, 0) is 60.2 Å². The van der Waals surface area contributed by atoms with Crippen molar-refractivity contribution in [1.29, 1.82) is 0 Å². The predicted octanol–water partition coefficient (Wildman–Crippen LogP) is 12.6. The summed E-state index contributed by atoms with van der Waals surface area (Å²) in [5, 5.41) is 3.89. The topological polar surface area (TPSA) is 56.7 Å². The smallest absolute Gasteiger partial charge is 0.416 e. The first-order valence-corrected chi connectivity index (χ1v) is 17.4. The van der Waals surface area contributed by atoms with Gasteiger partial charge < -0.3 is 8.98 Å². The van der Waals surface area contributed by atoms with Crippen LogP contribution in [0.1, 0.15) is 5.56 Å². The summed E-state index contributed by atoms with van der Waals surface area (Å²) in [5.41, 5.74) is 6.48. The fourth-order valence-corrected chi connectivity index (χ4v) is 7.42. The van der Waals surface area contributed by atoms with Gasteiger partial charge in [0.15, 0.2) is 17.5 Å². The molecule has 258 valence electrons. The molecule has 0 unspecified atom stereocenters. The van der Waals surface area contributed by atoms with Gasteiger partial charge in [0.05, 0.1) is 27.7 Å². The molecule has 3 aromatic heterocycles. The maximum atomic E-state index is 14.3. The highest BCUT2D eigenvalue weighted by atomic mass is 19.4. The van der Waals surface area contributed by atoms with E-state index >= 15 is 0 Å². The van der Waals surface area contributed by atoms with E-state index in [4.69, 9.17) is 19.4 Å². The molecule has 0 bridgehead atoms. The molecule has 3 heterocycles. The first-order chi connectivity index (χ1) is 26.4. The third kappa shape index (κ3) is 5.22. The molecule has 0 fully saturated rings. The van der Waals surface area contributed by atoms with Gasteiger partial charge >= 0.3 is 6.18 Å². The van der Waals surface area contributed by atoms with Crippen LogP contribution in [0.15, 0.2) is 168 Å². The number of hydrogen-bond acceptors (Lipinski definition) is 4. The number of halogens is 3. The normalized spacial score (nSPS) is 12.0. The van der Waals surface area contributed by atoms with E-state index in [9.17, 15) is 13.2 Å². The predicted molar refractivity (Wildman–Crippen MR) is 208 cm³/mol. The quantitative estimate of drug-likeness (QED) is 0.179. The average Bonchev–Trinajstić information content (AvgIpc) is 3.77. The van der Waals surface area contributed by atoms with Crippen LogP contribution in [-0.4, -0.2) is 19.5 Å². The van der Waals surface area contributed by atoms with Gasteiger partial charge in [-0.3, -0.25) is 0 Å². The Morgan fingerprint density at radius 2 is 1.07 bits per heavy atom. The van der Waals surface area contributed by atoms with Crippen LogP contribution in [0.2, 0.25) is 0 Å². The summed E-state index contributed by atoms with van der Waals surface area (Å²) >= 11 is 0. The Bertz CT molecular complexity index is 2980. The molecule has 7 aromatic carbocycles. The monoisotopic (exact) mass is 708 g/mol. The second-order valence-corrected chi connectivity index (χ2v) is 13.1. The van der Waals surface area contributed by atoms with Crippen molar-refractivity contribution in [1.82, 2.24) is 19.5 Å². The van der Waals surface area contributed by atoms with Crippen molar-refractivity contribution in [3.05, 3.63) is 169 Å². The summed E-state index contributed by atoms with van der Waals surface area (Å²) in [6, 6.07) is 50.6. The molecule has 5 nitrogen and oxygen atoms in total. The van der Waals surface area contributed by atoms with Gasteiger partial charge in [0.1, 0.15) is 11.2 Å². The molecule has 0 N–H and O–H groups in total. The maximum absolute atomic E-state index is 14.3. The largest absolute Gasteiger partial charge is 0.456 e. The number of para-hydroxylation sites is 2. The van der Waals surface area contributed by atoms with E-state index in [2.05, 4.69) is 16.7 Å². The molecule has 0 aliphatic carbocycles. The van der Waals surface area contributed by atoms with Crippen LogP contribution in [0, 0.1) is 0 Å². The van der Waals surface area contributed by atoms with Crippen molar-refractivity contribution < 1.29 is 17.6 Å². The van der Waals surface area contributed by atoms with Crippen molar-refractivity contribution in [3.8, 4) is 51.0 Å². The summed E-state index contributed by atoms with van der Waals surface area (Å²) in [5.74, 6) is 1.37. The molecule has 0 saturated carbocycles. The molecule has 0 atom stereocenters. The fraction of sp³-hybridized carbons (Fsp3) is 0.0217. The minimum Gasteiger partial charge on any atom is -0.456 e. The van der Waals surface area contributed by atoms with E-state index in [0.717, 1.165) is 60.9 Å². The Kier molecular flexibility index (Phi) is 7.20. The van der Waals surface area contributed by atoms with Gasteiger partial charge in [-0.15, -0.1) is 0 Å². The second-order valence-electron chi connectivity index (χ2n) is 13.1. The van der Waals surface area contributed by atoms with Crippen molar-refractivity contribution in [3.63, 3.8) is 0 Å². The highest BCUT2D eigenvalue weighted by Crippen LogP contribution is 2.44. The van der Waals surface area contributed by atoms with Gasteiger partial charge in [-0.2, -0.15) is 13.2 Å². The molecular weight excluding hydrogens is 682 g/mol. The van der Waals surface area contributed by atoms with Crippen LogP contribution in [-0.2, 0) is 6.18 Å². The first kappa shape index (κ1) is 31.7. The SMILES string of the molecule is FC(F)(F)c1cccc(-c2cc(-c3nc(-c4ccccc4)nc(-c4ccccc4)n3)ccc2-n2c3ccccc3c3ccc4oc5ccccc5c4c32)c1. The summed E-state index contributed by atoms with van der Waals surface area (Å²) in [6.07, 6.45) is -4.54. The fourth-order valence-electron chi connectivity index (χ4n) is 7.42. The molecule has 0 radical (unpaired) electrons. The highest BCUT2D eigenvalue weighted by Gasteiger charge is 2.31. The van der Waals surface area contributed by atoms with E-state index in [1.165, 1.54) is 12.1 Å². The molecular formula is C46H27F3N4O. The molecule has 0 amide bonds. The molecule has 8 heteroatoms. The van der Waals surface area contributed by atoms with Gasteiger partial charge in [-0.25, -0.2) is 15.0 Å². The molecule has 10 rings (SSSR count). The summed E-state index contributed by atoms with van der Waals surface area (Å²) in [6.45, 7) is 0. The Labute approximate surface area is 306 Å². The van der Waals surface area contributed by atoms with Crippen LogP contribution in [0.4, 0.5) is 13.2 Å². The minimum absolute atomic E-state index is 0.396. The van der Waals surface area contributed by atoms with E-state index in [0.29, 0.717) is 39.9 Å². The Hall–Kier alpha value is -7.06. The first-order valence-electron chi connectivity index (χ1n) is 17.4. The lowest BCUT2D eigenvalue weighted by Crippen LogP contribution is -2.05. The Morgan fingerprint density at radius 3 is 1.78 bits per heavy atom. The van der Waals surface area contributed by atoms with Gasteiger partial charge in [0.2, 0.25) is 0 Å². The lowest BCUT2D eigenvalue weighted by atomic mass is 9.98. The maximum Gasteiger partial charge on any atom is 0.416 e. The van der Waals surface area contributed by atoms with E-state index in [1.807, 2.05) is 127 Å². The molecule has 10 aromatic rings. The highest BCUT2D eigenvalue weighted by molar-refractivity contribution is 6.24. The van der Waals surface area contributed by atoms with E-state index in [-0.39, 0.29) is 0 Å². The van der Waals surface area contributed by atoms with Crippen LogP contribution < -0.4 is 0 Å². The Morgan fingerprint density at radius 1 is 0.463 bits per heavy atom. The molecule has 54 heavy (non-hydrogen) atoms. The van der Waals surface area contributed by atoms with Crippen molar-refractivity contribution in [2.24, 2.45) is 0 Å². The number of rotatable bonds is 5. The van der Waals surface area contributed by atoms with Crippen molar-refractivity contribution >= 4 is 43.7 Å². The van der Waals surface area contributed by atoms with Crippen LogP contribution >= 0.6 is 0 Å². The Balaban J connectivity index is 1.29. The molecule has 0 aliphatic heterocycles. The zero-order valence-corrected chi connectivity index (χ0v) is 28.4. The number of nitrogens with zero attached hydrogens (tertiary/aromatic N) is 4. The lowest BCUT2D eigenvalue weighted by molar-refractivity contribution is -0.137. The molecule has 0 aliphatic rings. The number of alkyl halides is 3. The number of aromatic nitrogens is 4. The standard InChI is InChI=1S/C46H27F3N4O/c47-46(48,49)32-17-11-16-30(26-32)36-27-31(45-51-43(28-12-3-1-4-13-28)50-44(52-45)29-14-5-2-6-15-29)22-24-38(36)53-37-20-9-7-18-33(37)34-23-25-40-41(42(34)53)35-19-8-10-21-39(35)54-40/h1-27H. The average molecular weight is 709 g/mol. The zero-order chi connectivity index (χ0) is 36.4. The third-order valence-corrected chi connectivity index (χ3v) is 9.87. The van der Waals surface area contributed by atoms with Crippen molar-refractivity contribution in [2.45, 2.75) is 6.18 Å². The third-order valence-electron chi connectivity index (χ3n) is 9.87. The van der Waals surface area contributed by atoms with Gasteiger partial charge in [0, 0.05) is 38.4 Å². The van der Waals surface area contributed by atoms with E-state index in [1.54, 1.807) is 6.07 Å². The lowest BCUT2D eigenvalue weighted by Gasteiger charge is -2.17.